The van der Waals surface area contributed by atoms with Crippen molar-refractivity contribution in [2.75, 3.05) is 0 Å². The summed E-state index contributed by atoms with van der Waals surface area (Å²) in [6, 6.07) is 7.14. The molecular formula is C18H10BrF4N5O3S. The van der Waals surface area contributed by atoms with Crippen LogP contribution in [0.15, 0.2) is 45.8 Å². The van der Waals surface area contributed by atoms with Gasteiger partial charge in [0.25, 0.3) is 15.9 Å². The normalized spacial score (nSPS) is 11.8. The van der Waals surface area contributed by atoms with Gasteiger partial charge in [-0.05, 0) is 59.3 Å². The van der Waals surface area contributed by atoms with Crippen LogP contribution >= 0.6 is 15.9 Å². The SMILES string of the molecule is Cc1c(C(=O)NS(=O)(=O)c2cc(C(F)(F)F)ccc2Br)nnn1-c1ccc(C#N)cc1F. The van der Waals surface area contributed by atoms with Crippen molar-refractivity contribution in [3.8, 4) is 11.8 Å². The topological polar surface area (TPSA) is 118 Å². The summed E-state index contributed by atoms with van der Waals surface area (Å²) in [5, 5.41) is 16.0. The van der Waals surface area contributed by atoms with Crippen LogP contribution in [0.3, 0.4) is 0 Å². The number of carbonyl (C=O) groups excluding carboxylic acids is 1. The van der Waals surface area contributed by atoms with Crippen LogP contribution in [0.2, 0.25) is 0 Å². The molecule has 3 aromatic rings. The molecule has 0 saturated carbocycles. The van der Waals surface area contributed by atoms with Crippen molar-refractivity contribution in [1.29, 1.82) is 5.26 Å². The molecular weight excluding hydrogens is 522 g/mol. The number of rotatable bonds is 4. The fraction of sp³-hybridized carbons (Fsp3) is 0.111. The first-order chi connectivity index (χ1) is 14.8. The van der Waals surface area contributed by atoms with Gasteiger partial charge in [-0.2, -0.15) is 18.4 Å². The Bertz CT molecular complexity index is 1380. The molecule has 1 aromatic heterocycles. The number of nitriles is 1. The number of carbonyl (C=O) groups is 1. The summed E-state index contributed by atoms with van der Waals surface area (Å²) < 4.78 is 80.5. The predicted octanol–water partition coefficient (Wildman–Crippen LogP) is 3.49. The van der Waals surface area contributed by atoms with E-state index < -0.39 is 44.1 Å². The zero-order chi connectivity index (χ0) is 23.8. The molecule has 2 aromatic carbocycles. The fourth-order valence-electron chi connectivity index (χ4n) is 2.63. The molecule has 1 N–H and O–H groups in total. The monoisotopic (exact) mass is 531 g/mol. The van der Waals surface area contributed by atoms with Crippen LogP contribution in [0.5, 0.6) is 0 Å². The van der Waals surface area contributed by atoms with Gasteiger partial charge in [0.1, 0.15) is 16.4 Å². The molecule has 14 heteroatoms. The third-order valence-corrected chi connectivity index (χ3v) is 6.51. The standard InChI is InChI=1S/C18H10BrF4N5O3S/c1-9-16(25-27-28(9)14-5-2-10(8-24)6-13(14)20)17(29)26-32(30,31)15-7-11(18(21,22)23)3-4-12(15)19/h2-7H,1H3,(H,26,29). The first-order valence-electron chi connectivity index (χ1n) is 8.41. The van der Waals surface area contributed by atoms with E-state index in [1.165, 1.54) is 19.1 Å². The number of hydrogen-bond donors (Lipinski definition) is 1. The average molecular weight is 532 g/mol. The summed E-state index contributed by atoms with van der Waals surface area (Å²) in [4.78, 5) is 11.7. The van der Waals surface area contributed by atoms with E-state index in [1.807, 2.05) is 0 Å². The minimum Gasteiger partial charge on any atom is -0.266 e. The maximum absolute atomic E-state index is 14.3. The smallest absolute Gasteiger partial charge is 0.266 e. The van der Waals surface area contributed by atoms with E-state index in [4.69, 9.17) is 5.26 Å². The second-order valence-electron chi connectivity index (χ2n) is 6.29. The molecule has 0 aliphatic rings. The van der Waals surface area contributed by atoms with Crippen molar-refractivity contribution in [3.63, 3.8) is 0 Å². The molecule has 1 amide bonds. The van der Waals surface area contributed by atoms with Crippen LogP contribution in [0, 0.1) is 24.1 Å². The summed E-state index contributed by atoms with van der Waals surface area (Å²) >= 11 is 2.85. The zero-order valence-corrected chi connectivity index (χ0v) is 18.2. The number of nitrogens with zero attached hydrogens (tertiary/aromatic N) is 4. The zero-order valence-electron chi connectivity index (χ0n) is 15.8. The van der Waals surface area contributed by atoms with Crippen LogP contribution < -0.4 is 4.72 Å². The Hall–Kier alpha value is -3.31. The molecule has 166 valence electrons. The van der Waals surface area contributed by atoms with Crippen molar-refractivity contribution in [2.24, 2.45) is 0 Å². The quantitative estimate of drug-likeness (QED) is 0.515. The lowest BCUT2D eigenvalue weighted by Crippen LogP contribution is -2.32. The van der Waals surface area contributed by atoms with Gasteiger partial charge >= 0.3 is 6.18 Å². The van der Waals surface area contributed by atoms with Crippen molar-refractivity contribution in [3.05, 3.63) is 69.2 Å². The van der Waals surface area contributed by atoms with E-state index in [9.17, 15) is 30.8 Å². The molecule has 0 aliphatic carbocycles. The second kappa shape index (κ2) is 8.32. The van der Waals surface area contributed by atoms with Crippen LogP contribution in [0.25, 0.3) is 5.69 Å². The summed E-state index contributed by atoms with van der Waals surface area (Å²) in [6.07, 6.45) is -4.81. The molecule has 3 rings (SSSR count). The first-order valence-corrected chi connectivity index (χ1v) is 10.7. The molecule has 0 fully saturated rings. The molecule has 1 heterocycles. The molecule has 8 nitrogen and oxygen atoms in total. The molecule has 0 radical (unpaired) electrons. The van der Waals surface area contributed by atoms with Crippen molar-refractivity contribution >= 4 is 31.9 Å². The highest BCUT2D eigenvalue weighted by Crippen LogP contribution is 2.33. The van der Waals surface area contributed by atoms with E-state index in [0.29, 0.717) is 12.1 Å². The molecule has 0 unspecified atom stereocenters. The second-order valence-corrected chi connectivity index (χ2v) is 8.80. The van der Waals surface area contributed by atoms with E-state index in [0.717, 1.165) is 16.8 Å². The van der Waals surface area contributed by atoms with Gasteiger partial charge in [-0.25, -0.2) is 22.2 Å². The molecule has 0 spiro atoms. The van der Waals surface area contributed by atoms with Crippen LogP contribution in [0.1, 0.15) is 27.3 Å². The predicted molar refractivity (Wildman–Crippen MR) is 105 cm³/mol. The van der Waals surface area contributed by atoms with Gasteiger partial charge in [0.05, 0.1) is 22.9 Å². The molecule has 32 heavy (non-hydrogen) atoms. The Morgan fingerprint density at radius 1 is 1.22 bits per heavy atom. The largest absolute Gasteiger partial charge is 0.416 e. The minimum atomic E-state index is -4.81. The minimum absolute atomic E-state index is 0.0414. The van der Waals surface area contributed by atoms with Crippen molar-refractivity contribution in [1.82, 2.24) is 19.7 Å². The van der Waals surface area contributed by atoms with Gasteiger partial charge in [-0.3, -0.25) is 4.79 Å². The highest BCUT2D eigenvalue weighted by molar-refractivity contribution is 9.10. The van der Waals surface area contributed by atoms with Gasteiger partial charge < -0.3 is 0 Å². The van der Waals surface area contributed by atoms with Gasteiger partial charge in [0, 0.05) is 4.47 Å². The van der Waals surface area contributed by atoms with Crippen LogP contribution in [0.4, 0.5) is 17.6 Å². The molecule has 0 aliphatic heterocycles. The number of halogens is 5. The van der Waals surface area contributed by atoms with Crippen molar-refractivity contribution < 1.29 is 30.8 Å². The summed E-state index contributed by atoms with van der Waals surface area (Å²) in [5.74, 6) is -2.13. The maximum atomic E-state index is 14.3. The maximum Gasteiger partial charge on any atom is 0.416 e. The molecule has 0 saturated heterocycles. The van der Waals surface area contributed by atoms with E-state index in [2.05, 4.69) is 26.2 Å². The number of sulfonamides is 1. The molecule has 0 bridgehead atoms. The number of hydrogen-bond acceptors (Lipinski definition) is 6. The van der Waals surface area contributed by atoms with E-state index >= 15 is 0 Å². The highest BCUT2D eigenvalue weighted by atomic mass is 79.9. The number of nitrogens with one attached hydrogen (secondary N) is 1. The average Bonchev–Trinajstić information content (AvgIpc) is 3.08. The van der Waals surface area contributed by atoms with Crippen LogP contribution in [-0.4, -0.2) is 29.3 Å². The van der Waals surface area contributed by atoms with Crippen molar-refractivity contribution in [2.45, 2.75) is 18.0 Å². The number of amides is 1. The Morgan fingerprint density at radius 2 is 1.91 bits per heavy atom. The van der Waals surface area contributed by atoms with Gasteiger partial charge in [-0.15, -0.1) is 5.10 Å². The van der Waals surface area contributed by atoms with Gasteiger partial charge in [0.2, 0.25) is 0 Å². The summed E-state index contributed by atoms with van der Waals surface area (Å²) in [6.45, 7) is 1.30. The summed E-state index contributed by atoms with van der Waals surface area (Å²) in [7, 11) is -4.74. The summed E-state index contributed by atoms with van der Waals surface area (Å²) in [5.41, 5.74) is -1.90. The van der Waals surface area contributed by atoms with Gasteiger partial charge in [0.15, 0.2) is 5.69 Å². The third-order valence-electron chi connectivity index (χ3n) is 4.19. The Balaban J connectivity index is 1.94. The van der Waals surface area contributed by atoms with E-state index in [1.54, 1.807) is 10.8 Å². The number of alkyl halides is 3. The molecule has 0 atom stereocenters. The van der Waals surface area contributed by atoms with E-state index in [-0.39, 0.29) is 21.4 Å². The Morgan fingerprint density at radius 3 is 2.50 bits per heavy atom. The third kappa shape index (κ3) is 4.48. The Labute approximate surface area is 186 Å². The fourth-order valence-corrected chi connectivity index (χ4v) is 4.57. The lowest BCUT2D eigenvalue weighted by molar-refractivity contribution is -0.137. The Kier molecular flexibility index (Phi) is 6.07. The number of benzene rings is 2. The lowest BCUT2D eigenvalue weighted by atomic mass is 10.2. The first kappa shape index (κ1) is 23.4. The highest BCUT2D eigenvalue weighted by Gasteiger charge is 2.33. The van der Waals surface area contributed by atoms with Crippen LogP contribution in [-0.2, 0) is 16.2 Å². The van der Waals surface area contributed by atoms with Gasteiger partial charge in [-0.1, -0.05) is 5.21 Å². The lowest BCUT2D eigenvalue weighted by Gasteiger charge is -2.12. The number of aromatic nitrogens is 3.